The van der Waals surface area contributed by atoms with Gasteiger partial charge in [0.1, 0.15) is 12.4 Å². The lowest BCUT2D eigenvalue weighted by Gasteiger charge is -2.08. The summed E-state index contributed by atoms with van der Waals surface area (Å²) in [6.45, 7) is 0. The number of hydrogen-bond acceptors (Lipinski definition) is 6. The normalized spacial score (nSPS) is 10.2. The van der Waals surface area contributed by atoms with Crippen LogP contribution in [-0.2, 0) is 0 Å². The Kier molecular flexibility index (Phi) is 4.29. The zero-order valence-electron chi connectivity index (χ0n) is 12.5. The minimum atomic E-state index is -0.658. The lowest BCUT2D eigenvalue weighted by Crippen LogP contribution is -1.97. The van der Waals surface area contributed by atoms with E-state index in [0.717, 1.165) is 6.07 Å². The second-order valence-electron chi connectivity index (χ2n) is 4.99. The first-order valence-electron chi connectivity index (χ1n) is 6.93. The molecule has 0 aliphatic rings. The molecule has 0 spiro atoms. The lowest BCUT2D eigenvalue weighted by molar-refractivity contribution is -0.385. The number of hydrogen-bond donors (Lipinski definition) is 0. The fraction of sp³-hybridized carbons (Fsp3) is 0. The van der Waals surface area contributed by atoms with Gasteiger partial charge >= 0.3 is 5.69 Å². The molecule has 122 valence electrons. The molecule has 1 aromatic heterocycles. The zero-order valence-corrected chi connectivity index (χ0v) is 13.2. The number of nitro benzene ring substituents is 1. The molecule has 7 nitrogen and oxygen atoms in total. The third kappa shape index (κ3) is 3.24. The van der Waals surface area contributed by atoms with E-state index in [9.17, 15) is 20.2 Å². The largest absolute Gasteiger partial charge is 0.432 e. The van der Waals surface area contributed by atoms with Crippen molar-refractivity contribution in [3.8, 4) is 17.7 Å². The van der Waals surface area contributed by atoms with Gasteiger partial charge in [0, 0.05) is 28.1 Å². The van der Waals surface area contributed by atoms with Crippen molar-refractivity contribution in [3.63, 3.8) is 0 Å². The molecule has 0 bridgehead atoms. The van der Waals surface area contributed by atoms with Crippen LogP contribution in [-0.4, -0.2) is 16.2 Å². The minimum absolute atomic E-state index is 0.0216. The van der Waals surface area contributed by atoms with E-state index in [2.05, 4.69) is 4.98 Å². The molecule has 0 radical (unpaired) electrons. The Morgan fingerprint density at radius 2 is 2.04 bits per heavy atom. The monoisotopic (exact) mass is 353 g/mol. The molecule has 0 saturated carbocycles. The molecule has 1 heterocycles. The second-order valence-corrected chi connectivity index (χ2v) is 5.42. The summed E-state index contributed by atoms with van der Waals surface area (Å²) in [5, 5.41) is 21.5. The van der Waals surface area contributed by atoms with Gasteiger partial charge in [-0.2, -0.15) is 5.26 Å². The highest BCUT2D eigenvalue weighted by Crippen LogP contribution is 2.33. The molecule has 0 atom stereocenters. The summed E-state index contributed by atoms with van der Waals surface area (Å²) in [5.41, 5.74) is 0.513. The average Bonchev–Trinajstić information content (AvgIpc) is 2.61. The van der Waals surface area contributed by atoms with Crippen LogP contribution < -0.4 is 4.74 Å². The molecule has 3 aromatic rings. The molecular formula is C17H8ClN3O4. The van der Waals surface area contributed by atoms with Gasteiger partial charge in [-0.05, 0) is 30.3 Å². The topological polar surface area (TPSA) is 106 Å². The number of benzene rings is 2. The first-order valence-corrected chi connectivity index (χ1v) is 7.31. The van der Waals surface area contributed by atoms with Gasteiger partial charge in [-0.3, -0.25) is 14.9 Å². The highest BCUT2D eigenvalue weighted by molar-refractivity contribution is 6.31. The number of pyridine rings is 1. The summed E-state index contributed by atoms with van der Waals surface area (Å²) in [4.78, 5) is 25.5. The standard InChI is InChI=1S/C17H8ClN3O4/c18-12-2-3-14-13(7-12)11(8-19)6-17(20-14)25-16-4-1-10(9-22)5-15(16)21(23)24/h1-7,9H. The number of carbonyl (C=O) groups is 1. The number of nitro groups is 1. The van der Waals surface area contributed by atoms with Gasteiger partial charge in [-0.1, -0.05) is 11.6 Å². The maximum absolute atomic E-state index is 11.2. The van der Waals surface area contributed by atoms with Gasteiger partial charge in [0.2, 0.25) is 11.6 Å². The van der Waals surface area contributed by atoms with Crippen LogP contribution in [0.1, 0.15) is 15.9 Å². The number of halogens is 1. The van der Waals surface area contributed by atoms with Gasteiger partial charge in [0.15, 0.2) is 0 Å². The molecule has 0 amide bonds. The molecule has 0 unspecified atom stereocenters. The molecule has 3 rings (SSSR count). The van der Waals surface area contributed by atoms with Gasteiger partial charge in [0.25, 0.3) is 0 Å². The molecule has 0 aliphatic carbocycles. The molecule has 0 N–H and O–H groups in total. The zero-order chi connectivity index (χ0) is 18.0. The predicted octanol–water partition coefficient (Wildman–Crippen LogP) is 4.27. The van der Waals surface area contributed by atoms with Crippen LogP contribution in [0.4, 0.5) is 5.69 Å². The summed E-state index contributed by atoms with van der Waals surface area (Å²) < 4.78 is 5.50. The van der Waals surface area contributed by atoms with Crippen molar-refractivity contribution >= 4 is 34.5 Å². The summed E-state index contributed by atoms with van der Waals surface area (Å²) in [7, 11) is 0. The Morgan fingerprint density at radius 1 is 1.24 bits per heavy atom. The quantitative estimate of drug-likeness (QED) is 0.394. The highest BCUT2D eigenvalue weighted by Gasteiger charge is 2.18. The van der Waals surface area contributed by atoms with Gasteiger partial charge in [0.05, 0.1) is 16.0 Å². The Morgan fingerprint density at radius 3 is 2.72 bits per heavy atom. The minimum Gasteiger partial charge on any atom is -0.432 e. The number of ether oxygens (including phenoxy) is 1. The average molecular weight is 354 g/mol. The van der Waals surface area contributed by atoms with E-state index in [4.69, 9.17) is 16.3 Å². The van der Waals surface area contributed by atoms with Crippen molar-refractivity contribution in [2.24, 2.45) is 0 Å². The Labute approximate surface area is 146 Å². The van der Waals surface area contributed by atoms with E-state index in [1.165, 1.54) is 18.2 Å². The third-order valence-corrected chi connectivity index (χ3v) is 3.63. The van der Waals surface area contributed by atoms with Crippen LogP contribution in [0.2, 0.25) is 5.02 Å². The maximum Gasteiger partial charge on any atom is 0.312 e. The van der Waals surface area contributed by atoms with Crippen molar-refractivity contribution in [2.45, 2.75) is 0 Å². The van der Waals surface area contributed by atoms with Crippen molar-refractivity contribution < 1.29 is 14.5 Å². The van der Waals surface area contributed by atoms with Crippen molar-refractivity contribution in [3.05, 3.63) is 68.7 Å². The molecule has 8 heteroatoms. The van der Waals surface area contributed by atoms with Crippen LogP contribution in [0.25, 0.3) is 10.9 Å². The molecule has 2 aromatic carbocycles. The third-order valence-electron chi connectivity index (χ3n) is 3.40. The van der Waals surface area contributed by atoms with Crippen LogP contribution >= 0.6 is 11.6 Å². The predicted molar refractivity (Wildman–Crippen MR) is 90.0 cm³/mol. The van der Waals surface area contributed by atoms with Crippen LogP contribution in [0.15, 0.2) is 42.5 Å². The SMILES string of the molecule is N#Cc1cc(Oc2ccc(C=O)cc2[N+](=O)[O-])nc2ccc(Cl)cc12. The molecule has 0 saturated heterocycles. The number of aldehydes is 1. The molecule has 0 aliphatic heterocycles. The molecule has 25 heavy (non-hydrogen) atoms. The maximum atomic E-state index is 11.2. The lowest BCUT2D eigenvalue weighted by atomic mass is 10.1. The fourth-order valence-corrected chi connectivity index (χ4v) is 2.44. The van der Waals surface area contributed by atoms with E-state index in [1.54, 1.807) is 18.2 Å². The smallest absolute Gasteiger partial charge is 0.312 e. The first kappa shape index (κ1) is 16.4. The van der Waals surface area contributed by atoms with E-state index in [1.807, 2.05) is 6.07 Å². The second kappa shape index (κ2) is 6.55. The van der Waals surface area contributed by atoms with Crippen molar-refractivity contribution in [2.75, 3.05) is 0 Å². The first-order chi connectivity index (χ1) is 12.0. The number of fused-ring (bicyclic) bond motifs is 1. The number of aromatic nitrogens is 1. The Hall–Kier alpha value is -3.50. The highest BCUT2D eigenvalue weighted by atomic mass is 35.5. The van der Waals surface area contributed by atoms with Crippen LogP contribution in [0, 0.1) is 21.4 Å². The summed E-state index contributed by atoms with van der Waals surface area (Å²) in [5.74, 6) is -0.0615. The van der Waals surface area contributed by atoms with Gasteiger partial charge in [-0.15, -0.1) is 0 Å². The van der Waals surface area contributed by atoms with E-state index in [-0.39, 0.29) is 28.4 Å². The Bertz CT molecular complexity index is 1060. The van der Waals surface area contributed by atoms with E-state index >= 15 is 0 Å². The number of rotatable bonds is 4. The molecular weight excluding hydrogens is 346 g/mol. The van der Waals surface area contributed by atoms with E-state index in [0.29, 0.717) is 22.2 Å². The number of nitriles is 1. The van der Waals surface area contributed by atoms with E-state index < -0.39 is 4.92 Å². The number of carbonyl (C=O) groups excluding carboxylic acids is 1. The van der Waals surface area contributed by atoms with Crippen LogP contribution in [0.3, 0.4) is 0 Å². The van der Waals surface area contributed by atoms with Crippen LogP contribution in [0.5, 0.6) is 11.6 Å². The van der Waals surface area contributed by atoms with Gasteiger partial charge < -0.3 is 4.74 Å². The molecule has 0 fully saturated rings. The number of nitrogens with zero attached hydrogens (tertiary/aromatic N) is 3. The Balaban J connectivity index is 2.10. The summed E-state index contributed by atoms with van der Waals surface area (Å²) >= 11 is 5.93. The van der Waals surface area contributed by atoms with Gasteiger partial charge in [-0.25, -0.2) is 4.98 Å². The fourth-order valence-electron chi connectivity index (χ4n) is 2.27. The summed E-state index contributed by atoms with van der Waals surface area (Å²) in [6.07, 6.45) is 0.503. The van der Waals surface area contributed by atoms with Crippen molar-refractivity contribution in [1.82, 2.24) is 4.98 Å². The van der Waals surface area contributed by atoms with Crippen molar-refractivity contribution in [1.29, 1.82) is 5.26 Å². The summed E-state index contributed by atoms with van der Waals surface area (Å²) in [6, 6.07) is 12.0.